The zero-order valence-corrected chi connectivity index (χ0v) is 16.6. The molecule has 142 valence electrons. The predicted octanol–water partition coefficient (Wildman–Crippen LogP) is 3.14. The normalized spacial score (nSPS) is 19.4. The van der Waals surface area contributed by atoms with Crippen LogP contribution < -0.4 is 4.90 Å². The Hall–Kier alpha value is -2.57. The SMILES string of the molecule is S=c1n(C[NH+]2CC=C(c3ccccc3)CC2)nc(-c2cccnc2)n1C1CC1. The summed E-state index contributed by atoms with van der Waals surface area (Å²) in [6.45, 7) is 2.91. The lowest BCUT2D eigenvalue weighted by Crippen LogP contribution is -3.11. The van der Waals surface area contributed by atoms with E-state index in [1.165, 1.54) is 28.9 Å². The molecule has 6 heteroatoms. The maximum atomic E-state index is 5.81. The number of nitrogens with one attached hydrogen (secondary N) is 1. The Morgan fingerprint density at radius 1 is 1.07 bits per heavy atom. The molecule has 1 aliphatic heterocycles. The first-order valence-electron chi connectivity index (χ1n) is 9.97. The lowest BCUT2D eigenvalue weighted by Gasteiger charge is -2.23. The van der Waals surface area contributed by atoms with Crippen LogP contribution in [0.2, 0.25) is 0 Å². The van der Waals surface area contributed by atoms with Crippen LogP contribution in [0.4, 0.5) is 0 Å². The molecule has 0 saturated heterocycles. The molecule has 28 heavy (non-hydrogen) atoms. The topological polar surface area (TPSA) is 40.1 Å². The highest BCUT2D eigenvalue weighted by molar-refractivity contribution is 7.71. The van der Waals surface area contributed by atoms with Crippen molar-refractivity contribution in [2.75, 3.05) is 13.1 Å². The Labute approximate surface area is 170 Å². The van der Waals surface area contributed by atoms with Gasteiger partial charge in [0.25, 0.3) is 0 Å². The zero-order valence-electron chi connectivity index (χ0n) is 15.8. The van der Waals surface area contributed by atoms with Crippen molar-refractivity contribution in [3.05, 3.63) is 71.3 Å². The van der Waals surface area contributed by atoms with E-state index < -0.39 is 0 Å². The van der Waals surface area contributed by atoms with Crippen molar-refractivity contribution in [1.29, 1.82) is 0 Å². The number of hydrogen-bond donors (Lipinski definition) is 1. The summed E-state index contributed by atoms with van der Waals surface area (Å²) in [6, 6.07) is 15.2. The van der Waals surface area contributed by atoms with Gasteiger partial charge in [0.15, 0.2) is 12.5 Å². The third-order valence-electron chi connectivity index (χ3n) is 5.61. The summed E-state index contributed by atoms with van der Waals surface area (Å²) >= 11 is 5.81. The maximum Gasteiger partial charge on any atom is 0.203 e. The lowest BCUT2D eigenvalue weighted by molar-refractivity contribution is -0.918. The molecule has 1 unspecified atom stereocenters. The first-order valence-corrected chi connectivity index (χ1v) is 10.4. The van der Waals surface area contributed by atoms with Crippen molar-refractivity contribution >= 4 is 17.8 Å². The van der Waals surface area contributed by atoms with E-state index in [0.717, 1.165) is 42.3 Å². The lowest BCUT2D eigenvalue weighted by atomic mass is 10.00. The van der Waals surface area contributed by atoms with Gasteiger partial charge in [-0.15, -0.1) is 5.10 Å². The molecule has 0 radical (unpaired) electrons. The fraction of sp³-hybridized carbons (Fsp3) is 0.318. The molecule has 0 spiro atoms. The summed E-state index contributed by atoms with van der Waals surface area (Å²) in [7, 11) is 0. The minimum absolute atomic E-state index is 0.498. The molecule has 2 aliphatic rings. The summed E-state index contributed by atoms with van der Waals surface area (Å²) in [5.41, 5.74) is 3.83. The summed E-state index contributed by atoms with van der Waals surface area (Å²) in [5.74, 6) is 0.956. The summed E-state index contributed by atoms with van der Waals surface area (Å²) < 4.78 is 5.10. The number of quaternary nitrogens is 1. The third kappa shape index (κ3) is 3.45. The van der Waals surface area contributed by atoms with Crippen LogP contribution in [-0.4, -0.2) is 32.4 Å². The first kappa shape index (κ1) is 17.5. The van der Waals surface area contributed by atoms with Gasteiger partial charge in [-0.25, -0.2) is 0 Å². The number of nitrogens with zero attached hydrogens (tertiary/aromatic N) is 4. The van der Waals surface area contributed by atoms with Crippen molar-refractivity contribution in [3.63, 3.8) is 0 Å². The molecule has 1 aromatic carbocycles. The van der Waals surface area contributed by atoms with E-state index in [1.807, 2.05) is 16.9 Å². The van der Waals surface area contributed by atoms with Crippen molar-refractivity contribution in [2.45, 2.75) is 32.0 Å². The Morgan fingerprint density at radius 3 is 2.57 bits per heavy atom. The molecule has 0 bridgehead atoms. The van der Waals surface area contributed by atoms with Gasteiger partial charge in [-0.1, -0.05) is 30.3 Å². The summed E-state index contributed by atoms with van der Waals surface area (Å²) in [6.07, 6.45) is 9.51. The van der Waals surface area contributed by atoms with Crippen LogP contribution in [0.3, 0.4) is 0 Å². The number of rotatable bonds is 5. The Morgan fingerprint density at radius 2 is 1.89 bits per heavy atom. The largest absolute Gasteiger partial charge is 0.313 e. The first-order chi connectivity index (χ1) is 13.8. The van der Waals surface area contributed by atoms with Crippen molar-refractivity contribution in [1.82, 2.24) is 19.3 Å². The monoisotopic (exact) mass is 390 g/mol. The number of hydrogen-bond acceptors (Lipinski definition) is 3. The molecule has 3 aromatic rings. The number of aromatic nitrogens is 4. The van der Waals surface area contributed by atoms with E-state index in [4.69, 9.17) is 17.3 Å². The minimum atomic E-state index is 0.498. The minimum Gasteiger partial charge on any atom is -0.313 e. The molecule has 1 saturated carbocycles. The third-order valence-corrected chi connectivity index (χ3v) is 6.01. The van der Waals surface area contributed by atoms with E-state index in [1.54, 1.807) is 6.20 Å². The second-order valence-corrected chi connectivity index (χ2v) is 8.02. The average molecular weight is 391 g/mol. The molecule has 1 atom stereocenters. The van der Waals surface area contributed by atoms with Crippen molar-refractivity contribution < 1.29 is 4.90 Å². The zero-order chi connectivity index (χ0) is 18.9. The van der Waals surface area contributed by atoms with Gasteiger partial charge in [0.1, 0.15) is 0 Å². The van der Waals surface area contributed by atoms with Crippen LogP contribution in [0.25, 0.3) is 17.0 Å². The molecule has 3 heterocycles. The van der Waals surface area contributed by atoms with Gasteiger partial charge in [-0.05, 0) is 54.4 Å². The fourth-order valence-electron chi connectivity index (χ4n) is 3.93. The van der Waals surface area contributed by atoms with E-state index in [2.05, 4.69) is 52.0 Å². The van der Waals surface area contributed by atoms with Crippen LogP contribution in [0, 0.1) is 4.77 Å². The Bertz CT molecular complexity index is 1050. The van der Waals surface area contributed by atoms with Crippen LogP contribution >= 0.6 is 12.2 Å². The number of benzene rings is 1. The molecule has 0 amide bonds. The summed E-state index contributed by atoms with van der Waals surface area (Å²) in [5, 5.41) is 4.91. The van der Waals surface area contributed by atoms with Crippen LogP contribution in [0.15, 0.2) is 60.9 Å². The van der Waals surface area contributed by atoms with Gasteiger partial charge < -0.3 is 4.90 Å². The van der Waals surface area contributed by atoms with Crippen LogP contribution in [-0.2, 0) is 6.67 Å². The van der Waals surface area contributed by atoms with E-state index in [9.17, 15) is 0 Å². The smallest absolute Gasteiger partial charge is 0.203 e. The second-order valence-electron chi connectivity index (χ2n) is 7.66. The molecular formula is C22H24N5S+. The van der Waals surface area contributed by atoms with E-state index >= 15 is 0 Å². The standard InChI is InChI=1S/C22H23N5S/c28-22-26(16-25-13-10-18(11-14-25)17-5-2-1-3-6-17)24-21(27(22)20-8-9-20)19-7-4-12-23-15-19/h1-7,10,12,15,20H,8-9,11,13-14,16H2/p+1. The Balaban J connectivity index is 1.38. The van der Waals surface area contributed by atoms with Crippen molar-refractivity contribution in [2.24, 2.45) is 0 Å². The molecule has 2 aromatic heterocycles. The average Bonchev–Trinajstić information content (AvgIpc) is 3.54. The van der Waals surface area contributed by atoms with Gasteiger partial charge in [-0.2, -0.15) is 4.68 Å². The second kappa shape index (κ2) is 7.45. The van der Waals surface area contributed by atoms with Gasteiger partial charge in [-0.3, -0.25) is 9.55 Å². The molecule has 1 fully saturated rings. The van der Waals surface area contributed by atoms with Gasteiger partial charge in [0.05, 0.1) is 13.1 Å². The van der Waals surface area contributed by atoms with E-state index in [-0.39, 0.29) is 0 Å². The maximum absolute atomic E-state index is 5.81. The highest BCUT2D eigenvalue weighted by Crippen LogP contribution is 2.38. The molecule has 5 nitrogen and oxygen atoms in total. The molecule has 5 rings (SSSR count). The fourth-order valence-corrected chi connectivity index (χ4v) is 4.27. The summed E-state index contributed by atoms with van der Waals surface area (Å²) in [4.78, 5) is 5.76. The predicted molar refractivity (Wildman–Crippen MR) is 112 cm³/mol. The number of pyridine rings is 1. The van der Waals surface area contributed by atoms with Gasteiger partial charge in [0.2, 0.25) is 4.77 Å². The van der Waals surface area contributed by atoms with Gasteiger partial charge >= 0.3 is 0 Å². The molecular weight excluding hydrogens is 366 g/mol. The van der Waals surface area contributed by atoms with Crippen molar-refractivity contribution in [3.8, 4) is 11.4 Å². The van der Waals surface area contributed by atoms with E-state index in [0.29, 0.717) is 6.04 Å². The highest BCUT2D eigenvalue weighted by atomic mass is 32.1. The van der Waals surface area contributed by atoms with Crippen LogP contribution in [0.1, 0.15) is 30.9 Å². The van der Waals surface area contributed by atoms with Crippen LogP contribution in [0.5, 0.6) is 0 Å². The highest BCUT2D eigenvalue weighted by Gasteiger charge is 2.30. The Kier molecular flexibility index (Phi) is 4.66. The molecule has 1 aliphatic carbocycles. The quantitative estimate of drug-likeness (QED) is 0.681. The molecule has 1 N–H and O–H groups in total. The van der Waals surface area contributed by atoms with Gasteiger partial charge in [0, 0.05) is 30.4 Å².